The average Bonchev–Trinajstić information content (AvgIpc) is 2.53. The quantitative estimate of drug-likeness (QED) is 0.604. The largest absolute Gasteiger partial charge is 0.493 e. The molecule has 0 amide bonds. The molecule has 0 bridgehead atoms. The van der Waals surface area contributed by atoms with Crippen LogP contribution in [0.25, 0.3) is 11.6 Å². The van der Waals surface area contributed by atoms with Gasteiger partial charge in [-0.3, -0.25) is 0 Å². The lowest BCUT2D eigenvalue weighted by molar-refractivity contribution is 0.354. The smallest absolute Gasteiger partial charge is 0.167 e. The van der Waals surface area contributed by atoms with Crippen LogP contribution in [0.4, 0.5) is 0 Å². The number of hydrogen-bond donors (Lipinski definition) is 0. The molecule has 0 aliphatic heterocycles. The lowest BCUT2D eigenvalue weighted by Gasteiger charge is -2.10. The van der Waals surface area contributed by atoms with Crippen LogP contribution in [-0.2, 0) is 0 Å². The second-order valence-corrected chi connectivity index (χ2v) is 5.18. The summed E-state index contributed by atoms with van der Waals surface area (Å²) in [6, 6.07) is 15.4. The van der Waals surface area contributed by atoms with E-state index in [0.29, 0.717) is 17.1 Å². The first-order chi connectivity index (χ1) is 10.2. The average molecular weight is 344 g/mol. The van der Waals surface area contributed by atoms with Crippen LogP contribution in [0.3, 0.4) is 0 Å². The zero-order valence-electron chi connectivity index (χ0n) is 11.8. The van der Waals surface area contributed by atoms with E-state index in [0.717, 1.165) is 15.6 Å². The van der Waals surface area contributed by atoms with E-state index in [-0.39, 0.29) is 0 Å². The van der Waals surface area contributed by atoms with Crippen LogP contribution in [-0.4, -0.2) is 14.2 Å². The summed E-state index contributed by atoms with van der Waals surface area (Å²) in [5, 5.41) is 9.40. The van der Waals surface area contributed by atoms with Crippen molar-refractivity contribution in [3.63, 3.8) is 0 Å². The predicted octanol–water partition coefficient (Wildman–Crippen LogP) is 4.53. The SMILES string of the molecule is COc1cccc(C=C(C#N)c2ccc(Br)cc2)c1OC. The third-order valence-electron chi connectivity index (χ3n) is 3.01. The topological polar surface area (TPSA) is 42.2 Å². The Morgan fingerprint density at radius 3 is 2.38 bits per heavy atom. The van der Waals surface area contributed by atoms with E-state index in [9.17, 15) is 5.26 Å². The summed E-state index contributed by atoms with van der Waals surface area (Å²) in [5.74, 6) is 1.25. The minimum atomic E-state index is 0.564. The van der Waals surface area contributed by atoms with Gasteiger partial charge in [0.1, 0.15) is 0 Å². The fourth-order valence-electron chi connectivity index (χ4n) is 1.99. The highest BCUT2D eigenvalue weighted by atomic mass is 79.9. The Morgan fingerprint density at radius 2 is 1.81 bits per heavy atom. The standard InChI is InChI=1S/C17H14BrNO2/c1-20-16-5-3-4-13(17(16)21-2)10-14(11-19)12-6-8-15(18)9-7-12/h3-10H,1-2H3. The molecule has 21 heavy (non-hydrogen) atoms. The van der Waals surface area contributed by atoms with Crippen molar-refractivity contribution in [2.24, 2.45) is 0 Å². The van der Waals surface area contributed by atoms with Crippen LogP contribution in [0.1, 0.15) is 11.1 Å². The number of hydrogen-bond acceptors (Lipinski definition) is 3. The van der Waals surface area contributed by atoms with Gasteiger partial charge in [-0.1, -0.05) is 40.2 Å². The number of ether oxygens (including phenoxy) is 2. The molecule has 2 aromatic carbocycles. The third kappa shape index (κ3) is 3.45. The van der Waals surface area contributed by atoms with E-state index in [1.807, 2.05) is 42.5 Å². The Labute approximate surface area is 132 Å². The Balaban J connectivity index is 2.50. The van der Waals surface area contributed by atoms with Gasteiger partial charge in [-0.05, 0) is 29.8 Å². The Bertz CT molecular complexity index is 700. The van der Waals surface area contributed by atoms with Gasteiger partial charge >= 0.3 is 0 Å². The highest BCUT2D eigenvalue weighted by Gasteiger charge is 2.09. The van der Waals surface area contributed by atoms with Crippen molar-refractivity contribution < 1.29 is 9.47 Å². The Kier molecular flexibility index (Phi) is 5.02. The van der Waals surface area contributed by atoms with Crippen molar-refractivity contribution in [2.45, 2.75) is 0 Å². The summed E-state index contributed by atoms with van der Waals surface area (Å²) < 4.78 is 11.6. The second kappa shape index (κ2) is 6.96. The minimum absolute atomic E-state index is 0.564. The fourth-order valence-corrected chi connectivity index (χ4v) is 2.26. The lowest BCUT2D eigenvalue weighted by Crippen LogP contribution is -1.93. The van der Waals surface area contributed by atoms with Gasteiger partial charge in [-0.15, -0.1) is 0 Å². The molecule has 106 valence electrons. The van der Waals surface area contributed by atoms with Gasteiger partial charge in [-0.25, -0.2) is 0 Å². The maximum absolute atomic E-state index is 9.40. The molecular formula is C17H14BrNO2. The molecule has 0 unspecified atom stereocenters. The molecular weight excluding hydrogens is 330 g/mol. The van der Waals surface area contributed by atoms with Gasteiger partial charge in [0.2, 0.25) is 0 Å². The number of para-hydroxylation sites is 1. The molecule has 2 aromatic rings. The van der Waals surface area contributed by atoms with Crippen molar-refractivity contribution in [1.29, 1.82) is 5.26 Å². The first-order valence-corrected chi connectivity index (χ1v) is 7.07. The van der Waals surface area contributed by atoms with Crippen molar-refractivity contribution >= 4 is 27.6 Å². The molecule has 3 nitrogen and oxygen atoms in total. The zero-order valence-corrected chi connectivity index (χ0v) is 13.3. The van der Waals surface area contributed by atoms with Crippen molar-refractivity contribution in [3.8, 4) is 17.6 Å². The van der Waals surface area contributed by atoms with Crippen molar-refractivity contribution in [2.75, 3.05) is 14.2 Å². The summed E-state index contributed by atoms with van der Waals surface area (Å²) in [6.45, 7) is 0. The molecule has 0 heterocycles. The van der Waals surface area contributed by atoms with Gasteiger partial charge < -0.3 is 9.47 Å². The van der Waals surface area contributed by atoms with Gasteiger partial charge in [0, 0.05) is 10.0 Å². The zero-order chi connectivity index (χ0) is 15.2. The number of nitriles is 1. The number of nitrogens with zero attached hydrogens (tertiary/aromatic N) is 1. The molecule has 0 aliphatic rings. The Morgan fingerprint density at radius 1 is 1.10 bits per heavy atom. The first-order valence-electron chi connectivity index (χ1n) is 6.28. The first kappa shape index (κ1) is 15.1. The van der Waals surface area contributed by atoms with Gasteiger partial charge in [0.25, 0.3) is 0 Å². The molecule has 0 saturated carbocycles. The maximum Gasteiger partial charge on any atom is 0.167 e. The van der Waals surface area contributed by atoms with Gasteiger partial charge in [0.15, 0.2) is 11.5 Å². The summed E-state index contributed by atoms with van der Waals surface area (Å²) in [4.78, 5) is 0. The van der Waals surface area contributed by atoms with Gasteiger partial charge in [-0.2, -0.15) is 5.26 Å². The van der Waals surface area contributed by atoms with Crippen molar-refractivity contribution in [1.82, 2.24) is 0 Å². The van der Waals surface area contributed by atoms with Crippen LogP contribution in [0.15, 0.2) is 46.9 Å². The number of halogens is 1. The number of methoxy groups -OCH3 is 2. The summed E-state index contributed by atoms with van der Waals surface area (Å²) in [7, 11) is 3.17. The Hall–Kier alpha value is -2.25. The lowest BCUT2D eigenvalue weighted by atomic mass is 10.0. The van der Waals surface area contributed by atoms with Crippen molar-refractivity contribution in [3.05, 3.63) is 58.1 Å². The van der Waals surface area contributed by atoms with Crippen LogP contribution < -0.4 is 9.47 Å². The molecule has 2 rings (SSSR count). The van der Waals surface area contributed by atoms with Crippen LogP contribution in [0.2, 0.25) is 0 Å². The third-order valence-corrected chi connectivity index (χ3v) is 3.54. The van der Waals surface area contributed by atoms with E-state index in [2.05, 4.69) is 22.0 Å². The fraction of sp³-hybridized carbons (Fsp3) is 0.118. The monoisotopic (exact) mass is 343 g/mol. The van der Waals surface area contributed by atoms with Crippen LogP contribution >= 0.6 is 15.9 Å². The molecule has 0 atom stereocenters. The second-order valence-electron chi connectivity index (χ2n) is 4.26. The van der Waals surface area contributed by atoms with Gasteiger partial charge in [0.05, 0.1) is 25.9 Å². The molecule has 0 aromatic heterocycles. The molecule has 0 N–H and O–H groups in total. The van der Waals surface area contributed by atoms with E-state index >= 15 is 0 Å². The van der Waals surface area contributed by atoms with E-state index in [1.165, 1.54) is 0 Å². The number of rotatable bonds is 4. The van der Waals surface area contributed by atoms with E-state index < -0.39 is 0 Å². The summed E-state index contributed by atoms with van der Waals surface area (Å²) >= 11 is 3.39. The molecule has 0 fully saturated rings. The highest BCUT2D eigenvalue weighted by Crippen LogP contribution is 2.33. The van der Waals surface area contributed by atoms with Crippen LogP contribution in [0, 0.1) is 11.3 Å². The van der Waals surface area contributed by atoms with E-state index in [1.54, 1.807) is 20.3 Å². The number of allylic oxidation sites excluding steroid dienone is 1. The molecule has 0 aliphatic carbocycles. The van der Waals surface area contributed by atoms with E-state index in [4.69, 9.17) is 9.47 Å². The minimum Gasteiger partial charge on any atom is -0.493 e. The maximum atomic E-state index is 9.40. The molecule has 0 saturated heterocycles. The summed E-state index contributed by atoms with van der Waals surface area (Å²) in [6.07, 6.45) is 1.80. The normalized spacial score (nSPS) is 10.9. The predicted molar refractivity (Wildman–Crippen MR) is 87.2 cm³/mol. The molecule has 0 spiro atoms. The summed E-state index contributed by atoms with van der Waals surface area (Å²) in [5.41, 5.74) is 2.22. The molecule has 4 heteroatoms. The van der Waals surface area contributed by atoms with Crippen LogP contribution in [0.5, 0.6) is 11.5 Å². The highest BCUT2D eigenvalue weighted by molar-refractivity contribution is 9.10. The molecule has 0 radical (unpaired) electrons. The number of benzene rings is 2.